The predicted molar refractivity (Wildman–Crippen MR) is 87.3 cm³/mol. The predicted octanol–water partition coefficient (Wildman–Crippen LogP) is 2.77. The van der Waals surface area contributed by atoms with Gasteiger partial charge >= 0.3 is 5.97 Å². The number of aliphatic hydroxyl groups excluding tert-OH is 1. The van der Waals surface area contributed by atoms with Crippen LogP contribution in [0.5, 0.6) is 0 Å². The molecule has 0 aliphatic carbocycles. The van der Waals surface area contributed by atoms with Crippen LogP contribution in [0.4, 0.5) is 0 Å². The van der Waals surface area contributed by atoms with Gasteiger partial charge in [0, 0.05) is 11.1 Å². The standard InChI is InChI=1S/C19H20O4/c1-2-23-18(21)13-17(20)12-14-7-6-10-16(11-14)19(22)15-8-4-3-5-9-15/h3-11,17,20H,2,12-13H2,1H3. The van der Waals surface area contributed by atoms with Crippen molar-refractivity contribution in [3.63, 3.8) is 0 Å². The van der Waals surface area contributed by atoms with Crippen LogP contribution in [0.2, 0.25) is 0 Å². The second-order valence-electron chi connectivity index (χ2n) is 5.26. The minimum absolute atomic E-state index is 0.0509. The molecule has 4 heteroatoms. The topological polar surface area (TPSA) is 63.6 Å². The van der Waals surface area contributed by atoms with Crippen molar-refractivity contribution < 1.29 is 19.4 Å². The lowest BCUT2D eigenvalue weighted by atomic mass is 9.98. The van der Waals surface area contributed by atoms with Gasteiger partial charge in [-0.05, 0) is 25.0 Å². The number of rotatable bonds is 7. The third-order valence-electron chi connectivity index (χ3n) is 3.40. The summed E-state index contributed by atoms with van der Waals surface area (Å²) in [4.78, 5) is 23.8. The summed E-state index contributed by atoms with van der Waals surface area (Å²) < 4.78 is 4.82. The first-order chi connectivity index (χ1) is 11.1. The Morgan fingerprint density at radius 1 is 1.04 bits per heavy atom. The number of esters is 1. The number of ketones is 1. The van der Waals surface area contributed by atoms with Crippen LogP contribution in [0.15, 0.2) is 54.6 Å². The number of ether oxygens (including phenoxy) is 1. The molecule has 0 spiro atoms. The second-order valence-corrected chi connectivity index (χ2v) is 5.26. The lowest BCUT2D eigenvalue weighted by Gasteiger charge is -2.11. The van der Waals surface area contributed by atoms with Gasteiger partial charge < -0.3 is 9.84 Å². The molecule has 0 radical (unpaired) electrons. The van der Waals surface area contributed by atoms with E-state index < -0.39 is 12.1 Å². The molecule has 1 atom stereocenters. The van der Waals surface area contributed by atoms with E-state index in [0.717, 1.165) is 5.56 Å². The van der Waals surface area contributed by atoms with E-state index in [9.17, 15) is 14.7 Å². The lowest BCUT2D eigenvalue weighted by Crippen LogP contribution is -2.18. The first-order valence-corrected chi connectivity index (χ1v) is 7.62. The molecule has 0 fully saturated rings. The van der Waals surface area contributed by atoms with Crippen molar-refractivity contribution >= 4 is 11.8 Å². The van der Waals surface area contributed by atoms with Crippen LogP contribution < -0.4 is 0 Å². The Morgan fingerprint density at radius 3 is 2.43 bits per heavy atom. The van der Waals surface area contributed by atoms with Crippen molar-refractivity contribution in [1.29, 1.82) is 0 Å². The second kappa shape index (κ2) is 8.25. The van der Waals surface area contributed by atoms with Crippen molar-refractivity contribution in [3.05, 3.63) is 71.3 Å². The third kappa shape index (κ3) is 5.04. The normalized spacial score (nSPS) is 11.7. The Morgan fingerprint density at radius 2 is 1.74 bits per heavy atom. The molecule has 0 bridgehead atoms. The van der Waals surface area contributed by atoms with E-state index in [0.29, 0.717) is 24.2 Å². The van der Waals surface area contributed by atoms with Crippen molar-refractivity contribution in [3.8, 4) is 0 Å². The summed E-state index contributed by atoms with van der Waals surface area (Å²) in [5, 5.41) is 9.96. The minimum Gasteiger partial charge on any atom is -0.466 e. The first kappa shape index (κ1) is 16.9. The zero-order chi connectivity index (χ0) is 16.7. The summed E-state index contributed by atoms with van der Waals surface area (Å²) in [6, 6.07) is 16.1. The molecule has 0 aromatic heterocycles. The molecule has 1 N–H and O–H groups in total. The molecular formula is C19H20O4. The highest BCUT2D eigenvalue weighted by Crippen LogP contribution is 2.14. The average Bonchev–Trinajstić information content (AvgIpc) is 2.55. The molecule has 2 aromatic carbocycles. The van der Waals surface area contributed by atoms with Crippen molar-refractivity contribution in [1.82, 2.24) is 0 Å². The van der Waals surface area contributed by atoms with Gasteiger partial charge in [-0.1, -0.05) is 48.5 Å². The van der Waals surface area contributed by atoms with E-state index in [2.05, 4.69) is 0 Å². The van der Waals surface area contributed by atoms with Gasteiger partial charge in [-0.25, -0.2) is 0 Å². The Bertz CT molecular complexity index is 664. The van der Waals surface area contributed by atoms with Crippen LogP contribution >= 0.6 is 0 Å². The zero-order valence-corrected chi connectivity index (χ0v) is 13.1. The zero-order valence-electron chi connectivity index (χ0n) is 13.1. The van der Waals surface area contributed by atoms with Gasteiger partial charge in [0.1, 0.15) is 0 Å². The van der Waals surface area contributed by atoms with Gasteiger partial charge in [0.2, 0.25) is 0 Å². The van der Waals surface area contributed by atoms with E-state index in [1.807, 2.05) is 24.3 Å². The van der Waals surface area contributed by atoms with E-state index in [1.54, 1.807) is 37.3 Å². The quantitative estimate of drug-likeness (QED) is 0.631. The summed E-state index contributed by atoms with van der Waals surface area (Å²) in [6.07, 6.45) is -0.574. The van der Waals surface area contributed by atoms with Crippen molar-refractivity contribution in [2.24, 2.45) is 0 Å². The van der Waals surface area contributed by atoms with Gasteiger partial charge in [0.15, 0.2) is 5.78 Å². The van der Waals surface area contributed by atoms with Crippen LogP contribution in [0.1, 0.15) is 34.8 Å². The minimum atomic E-state index is -0.823. The molecule has 120 valence electrons. The van der Waals surface area contributed by atoms with Gasteiger partial charge in [-0.3, -0.25) is 9.59 Å². The average molecular weight is 312 g/mol. The van der Waals surface area contributed by atoms with Gasteiger partial charge in [-0.2, -0.15) is 0 Å². The van der Waals surface area contributed by atoms with Crippen LogP contribution in [0.25, 0.3) is 0 Å². The smallest absolute Gasteiger partial charge is 0.308 e. The molecule has 0 aliphatic heterocycles. The Balaban J connectivity index is 2.05. The molecule has 2 aromatic rings. The third-order valence-corrected chi connectivity index (χ3v) is 3.40. The van der Waals surface area contributed by atoms with E-state index in [-0.39, 0.29) is 12.2 Å². The SMILES string of the molecule is CCOC(=O)CC(O)Cc1cccc(C(=O)c2ccccc2)c1. The van der Waals surface area contributed by atoms with Crippen LogP contribution in [0, 0.1) is 0 Å². The van der Waals surface area contributed by atoms with E-state index in [4.69, 9.17) is 4.74 Å². The Kier molecular flexibility index (Phi) is 6.06. The van der Waals surface area contributed by atoms with Gasteiger partial charge in [0.05, 0.1) is 19.1 Å². The maximum absolute atomic E-state index is 12.4. The molecule has 0 saturated carbocycles. The lowest BCUT2D eigenvalue weighted by molar-refractivity contribution is -0.145. The summed E-state index contributed by atoms with van der Waals surface area (Å²) in [5.74, 6) is -0.483. The number of hydrogen-bond acceptors (Lipinski definition) is 4. The molecule has 23 heavy (non-hydrogen) atoms. The molecule has 1 unspecified atom stereocenters. The number of benzene rings is 2. The first-order valence-electron chi connectivity index (χ1n) is 7.62. The number of carbonyl (C=O) groups is 2. The van der Waals surface area contributed by atoms with E-state index in [1.165, 1.54) is 0 Å². The number of hydrogen-bond donors (Lipinski definition) is 1. The Hall–Kier alpha value is -2.46. The fourth-order valence-corrected chi connectivity index (χ4v) is 2.35. The summed E-state index contributed by atoms with van der Waals surface area (Å²) in [7, 11) is 0. The molecular weight excluding hydrogens is 292 g/mol. The number of carbonyl (C=O) groups excluding carboxylic acids is 2. The summed E-state index contributed by atoms with van der Waals surface area (Å²) >= 11 is 0. The molecule has 2 rings (SSSR count). The van der Waals surface area contributed by atoms with Gasteiger partial charge in [0.25, 0.3) is 0 Å². The highest BCUT2D eigenvalue weighted by molar-refractivity contribution is 6.09. The maximum Gasteiger partial charge on any atom is 0.308 e. The molecule has 0 aliphatic rings. The Labute approximate surface area is 135 Å². The van der Waals surface area contributed by atoms with Crippen LogP contribution in [-0.2, 0) is 16.0 Å². The highest BCUT2D eigenvalue weighted by atomic mass is 16.5. The fourth-order valence-electron chi connectivity index (χ4n) is 2.35. The van der Waals surface area contributed by atoms with Crippen molar-refractivity contribution in [2.45, 2.75) is 25.9 Å². The maximum atomic E-state index is 12.4. The van der Waals surface area contributed by atoms with E-state index >= 15 is 0 Å². The molecule has 0 amide bonds. The molecule has 0 heterocycles. The molecule has 4 nitrogen and oxygen atoms in total. The van der Waals surface area contributed by atoms with Crippen molar-refractivity contribution in [2.75, 3.05) is 6.61 Å². The summed E-state index contributed by atoms with van der Waals surface area (Å²) in [5.41, 5.74) is 2.00. The van der Waals surface area contributed by atoms with Crippen LogP contribution in [0.3, 0.4) is 0 Å². The van der Waals surface area contributed by atoms with Crippen LogP contribution in [-0.4, -0.2) is 29.6 Å². The number of aliphatic hydroxyl groups is 1. The molecule has 0 saturated heterocycles. The highest BCUT2D eigenvalue weighted by Gasteiger charge is 2.14. The summed E-state index contributed by atoms with van der Waals surface area (Å²) in [6.45, 7) is 2.02. The van der Waals surface area contributed by atoms with Gasteiger partial charge in [-0.15, -0.1) is 0 Å². The monoisotopic (exact) mass is 312 g/mol. The largest absolute Gasteiger partial charge is 0.466 e. The fraction of sp³-hybridized carbons (Fsp3) is 0.263.